The van der Waals surface area contributed by atoms with Crippen molar-refractivity contribution >= 4 is 28.9 Å². The smallest absolute Gasteiger partial charge is 0.180 e. The minimum atomic E-state index is 0. The van der Waals surface area contributed by atoms with E-state index in [1.807, 2.05) is 6.20 Å². The molecule has 0 radical (unpaired) electrons. The number of likely N-dealkylation sites (tertiary alicyclic amines) is 1. The second kappa shape index (κ2) is 6.56. The molecular formula is C13H20ClN5S. The molecule has 0 saturated carbocycles. The van der Waals surface area contributed by atoms with Gasteiger partial charge in [0.1, 0.15) is 0 Å². The fraction of sp³-hybridized carbons (Fsp3) is 0.538. The van der Waals surface area contributed by atoms with Gasteiger partial charge in [-0.25, -0.2) is 4.98 Å². The van der Waals surface area contributed by atoms with Crippen molar-refractivity contribution in [2.45, 2.75) is 32.2 Å². The predicted molar refractivity (Wildman–Crippen MR) is 84.4 cm³/mol. The van der Waals surface area contributed by atoms with Gasteiger partial charge in [-0.2, -0.15) is 5.10 Å². The van der Waals surface area contributed by atoms with Gasteiger partial charge in [-0.15, -0.1) is 23.7 Å². The lowest BCUT2D eigenvalue weighted by molar-refractivity contribution is 0.200. The summed E-state index contributed by atoms with van der Waals surface area (Å²) in [4.78, 5) is 7.84. The Hall–Kier alpha value is -1.11. The number of nitrogen functional groups attached to an aromatic ring is 1. The van der Waals surface area contributed by atoms with Gasteiger partial charge in [0.2, 0.25) is 0 Å². The Labute approximate surface area is 129 Å². The lowest BCUT2D eigenvalue weighted by Gasteiger charge is -2.31. The SMILES string of the molecule is Cc1cc(C2CCCN(Cc3cnc(N)s3)C2)n[nH]1.Cl. The molecule has 1 fully saturated rings. The quantitative estimate of drug-likeness (QED) is 0.913. The maximum Gasteiger partial charge on any atom is 0.180 e. The first-order valence-corrected chi connectivity index (χ1v) is 7.47. The first kappa shape index (κ1) is 15.3. The molecule has 3 N–H and O–H groups in total. The first-order chi connectivity index (χ1) is 9.20. The lowest BCUT2D eigenvalue weighted by atomic mass is 9.94. The van der Waals surface area contributed by atoms with Gasteiger partial charge < -0.3 is 5.73 Å². The number of H-pyrrole nitrogens is 1. The van der Waals surface area contributed by atoms with Crippen LogP contribution < -0.4 is 5.73 Å². The summed E-state index contributed by atoms with van der Waals surface area (Å²) in [5.74, 6) is 0.545. The van der Waals surface area contributed by atoms with Crippen molar-refractivity contribution in [3.63, 3.8) is 0 Å². The third-order valence-electron chi connectivity index (χ3n) is 3.60. The molecule has 1 aliphatic rings. The third-order valence-corrected chi connectivity index (χ3v) is 4.41. The van der Waals surface area contributed by atoms with Crippen LogP contribution in [-0.4, -0.2) is 33.2 Å². The minimum absolute atomic E-state index is 0. The number of rotatable bonds is 3. The van der Waals surface area contributed by atoms with Crippen molar-refractivity contribution in [3.8, 4) is 0 Å². The van der Waals surface area contributed by atoms with E-state index in [4.69, 9.17) is 5.73 Å². The molecule has 1 unspecified atom stereocenters. The van der Waals surface area contributed by atoms with Crippen LogP contribution in [0, 0.1) is 6.92 Å². The molecule has 0 amide bonds. The summed E-state index contributed by atoms with van der Waals surface area (Å²) in [7, 11) is 0. The third kappa shape index (κ3) is 3.50. The Bertz CT molecular complexity index is 552. The van der Waals surface area contributed by atoms with E-state index in [1.165, 1.54) is 23.4 Å². The van der Waals surface area contributed by atoms with Gasteiger partial charge in [0, 0.05) is 35.8 Å². The summed E-state index contributed by atoms with van der Waals surface area (Å²) in [5.41, 5.74) is 8.02. The van der Waals surface area contributed by atoms with E-state index in [1.54, 1.807) is 11.3 Å². The molecule has 0 aromatic carbocycles. The molecule has 0 bridgehead atoms. The molecule has 0 spiro atoms. The highest BCUT2D eigenvalue weighted by molar-refractivity contribution is 7.15. The highest BCUT2D eigenvalue weighted by Crippen LogP contribution is 2.27. The average molecular weight is 314 g/mol. The average Bonchev–Trinajstić information content (AvgIpc) is 2.99. The number of halogens is 1. The summed E-state index contributed by atoms with van der Waals surface area (Å²) in [5, 5.41) is 8.10. The van der Waals surface area contributed by atoms with Crippen LogP contribution in [0.3, 0.4) is 0 Å². The molecule has 110 valence electrons. The molecule has 1 saturated heterocycles. The number of nitrogens with two attached hydrogens (primary N) is 1. The molecule has 3 heterocycles. The molecule has 7 heteroatoms. The van der Waals surface area contributed by atoms with Gasteiger partial charge in [0.05, 0.1) is 5.69 Å². The van der Waals surface area contributed by atoms with Crippen molar-refractivity contribution in [3.05, 3.63) is 28.5 Å². The monoisotopic (exact) mass is 313 g/mol. The van der Waals surface area contributed by atoms with E-state index in [9.17, 15) is 0 Å². The number of hydrogen-bond acceptors (Lipinski definition) is 5. The summed E-state index contributed by atoms with van der Waals surface area (Å²) < 4.78 is 0. The summed E-state index contributed by atoms with van der Waals surface area (Å²) in [6.07, 6.45) is 4.35. The van der Waals surface area contributed by atoms with Crippen LogP contribution in [0.5, 0.6) is 0 Å². The van der Waals surface area contributed by atoms with Crippen molar-refractivity contribution in [1.29, 1.82) is 0 Å². The second-order valence-electron chi connectivity index (χ2n) is 5.21. The number of anilines is 1. The van der Waals surface area contributed by atoms with Crippen LogP contribution in [0.1, 0.15) is 35.0 Å². The standard InChI is InChI=1S/C13H19N5S.ClH/c1-9-5-12(17-16-9)10-3-2-4-18(7-10)8-11-6-15-13(14)19-11;/h5-6,10H,2-4,7-8H2,1H3,(H2,14,15)(H,16,17);1H. The van der Waals surface area contributed by atoms with Crippen molar-refractivity contribution in [2.24, 2.45) is 0 Å². The summed E-state index contributed by atoms with van der Waals surface area (Å²) in [6.45, 7) is 5.23. The lowest BCUT2D eigenvalue weighted by Crippen LogP contribution is -2.33. The summed E-state index contributed by atoms with van der Waals surface area (Å²) in [6, 6.07) is 2.17. The normalized spacial score (nSPS) is 19.8. The van der Waals surface area contributed by atoms with E-state index in [-0.39, 0.29) is 12.4 Å². The summed E-state index contributed by atoms with van der Waals surface area (Å²) >= 11 is 1.59. The largest absolute Gasteiger partial charge is 0.375 e. The van der Waals surface area contributed by atoms with Gasteiger partial charge in [-0.05, 0) is 32.4 Å². The first-order valence-electron chi connectivity index (χ1n) is 6.65. The van der Waals surface area contributed by atoms with E-state index >= 15 is 0 Å². The molecule has 2 aromatic rings. The van der Waals surface area contributed by atoms with Crippen LogP contribution in [0.25, 0.3) is 0 Å². The van der Waals surface area contributed by atoms with Crippen LogP contribution >= 0.6 is 23.7 Å². The Kier molecular flexibility index (Phi) is 5.01. The molecule has 5 nitrogen and oxygen atoms in total. The van der Waals surface area contributed by atoms with Gasteiger partial charge in [-0.3, -0.25) is 10.00 Å². The maximum absolute atomic E-state index is 5.68. The van der Waals surface area contributed by atoms with Crippen molar-refractivity contribution in [1.82, 2.24) is 20.1 Å². The van der Waals surface area contributed by atoms with Crippen LogP contribution in [0.15, 0.2) is 12.3 Å². The Balaban J connectivity index is 0.00000147. The second-order valence-corrected chi connectivity index (χ2v) is 6.36. The molecule has 1 atom stereocenters. The highest BCUT2D eigenvalue weighted by atomic mass is 35.5. The van der Waals surface area contributed by atoms with Gasteiger partial charge >= 0.3 is 0 Å². The molecule has 20 heavy (non-hydrogen) atoms. The minimum Gasteiger partial charge on any atom is -0.375 e. The Morgan fingerprint density at radius 3 is 3.05 bits per heavy atom. The molecule has 0 aliphatic carbocycles. The predicted octanol–water partition coefficient (Wildman–Crippen LogP) is 2.56. The van der Waals surface area contributed by atoms with Crippen molar-refractivity contribution < 1.29 is 0 Å². The van der Waals surface area contributed by atoms with Gasteiger partial charge in [0.15, 0.2) is 5.13 Å². The molecular weight excluding hydrogens is 294 g/mol. The zero-order chi connectivity index (χ0) is 13.2. The molecule has 3 rings (SSSR count). The van der Waals surface area contributed by atoms with Crippen LogP contribution in [0.4, 0.5) is 5.13 Å². The van der Waals surface area contributed by atoms with E-state index in [2.05, 4.69) is 33.1 Å². The van der Waals surface area contributed by atoms with E-state index in [0.717, 1.165) is 25.3 Å². The molecule has 2 aromatic heterocycles. The zero-order valence-electron chi connectivity index (χ0n) is 11.5. The highest BCUT2D eigenvalue weighted by Gasteiger charge is 2.23. The number of aryl methyl sites for hydroxylation is 1. The number of piperidine rings is 1. The topological polar surface area (TPSA) is 70.8 Å². The fourth-order valence-corrected chi connectivity index (χ4v) is 3.43. The number of nitrogens with one attached hydrogen (secondary N) is 1. The zero-order valence-corrected chi connectivity index (χ0v) is 13.1. The van der Waals surface area contributed by atoms with Crippen LogP contribution in [-0.2, 0) is 6.54 Å². The number of nitrogens with zero attached hydrogens (tertiary/aromatic N) is 3. The number of aromatic amines is 1. The number of thiazole rings is 1. The van der Waals surface area contributed by atoms with Gasteiger partial charge in [0.25, 0.3) is 0 Å². The van der Waals surface area contributed by atoms with Gasteiger partial charge in [-0.1, -0.05) is 0 Å². The Morgan fingerprint density at radius 1 is 1.55 bits per heavy atom. The maximum atomic E-state index is 5.68. The van der Waals surface area contributed by atoms with E-state index in [0.29, 0.717) is 11.0 Å². The fourth-order valence-electron chi connectivity index (χ4n) is 2.70. The Morgan fingerprint density at radius 2 is 2.40 bits per heavy atom. The van der Waals surface area contributed by atoms with E-state index < -0.39 is 0 Å². The number of hydrogen-bond donors (Lipinski definition) is 2. The molecule has 1 aliphatic heterocycles. The van der Waals surface area contributed by atoms with Crippen LogP contribution in [0.2, 0.25) is 0 Å². The van der Waals surface area contributed by atoms with Crippen molar-refractivity contribution in [2.75, 3.05) is 18.8 Å². The number of aromatic nitrogens is 3.